The number of ether oxygens (including phenoxy) is 1. The average Bonchev–Trinajstić information content (AvgIpc) is 2.68. The molecule has 98 valence electrons. The molecule has 1 saturated heterocycles. The molecule has 2 rings (SSSR count). The van der Waals surface area contributed by atoms with Gasteiger partial charge in [0.25, 0.3) is 5.91 Å². The van der Waals surface area contributed by atoms with Gasteiger partial charge in [0.05, 0.1) is 25.8 Å². The van der Waals surface area contributed by atoms with Crippen LogP contribution < -0.4 is 4.74 Å². The molecule has 0 spiro atoms. The molecule has 1 aromatic rings. The van der Waals surface area contributed by atoms with Crippen LogP contribution in [0.15, 0.2) is 18.2 Å². The minimum Gasteiger partial charge on any atom is -0.496 e. The first kappa shape index (κ1) is 13.1. The van der Waals surface area contributed by atoms with E-state index in [-0.39, 0.29) is 18.7 Å². The van der Waals surface area contributed by atoms with Crippen LogP contribution in [0.5, 0.6) is 5.75 Å². The number of halogens is 3. The Balaban J connectivity index is 2.24. The molecule has 0 bridgehead atoms. The highest BCUT2D eigenvalue weighted by Crippen LogP contribution is 2.26. The summed E-state index contributed by atoms with van der Waals surface area (Å²) in [7, 11) is 1.41. The number of methoxy groups -OCH3 is 1. The Morgan fingerprint density at radius 3 is 2.56 bits per heavy atom. The van der Waals surface area contributed by atoms with E-state index in [9.17, 15) is 13.6 Å². The first-order valence-corrected chi connectivity index (χ1v) is 5.81. The lowest BCUT2D eigenvalue weighted by atomic mass is 10.2. The maximum atomic E-state index is 13.1. The zero-order valence-electron chi connectivity index (χ0n) is 9.70. The summed E-state index contributed by atoms with van der Waals surface area (Å²) in [6.07, 6.45) is -3.24. The summed E-state index contributed by atoms with van der Waals surface area (Å²) in [5.41, 5.74) is 0.253. The van der Waals surface area contributed by atoms with E-state index in [2.05, 4.69) is 0 Å². The van der Waals surface area contributed by atoms with Crippen LogP contribution in [-0.4, -0.2) is 43.3 Å². The van der Waals surface area contributed by atoms with Crippen molar-refractivity contribution in [1.82, 2.24) is 4.90 Å². The van der Waals surface area contributed by atoms with Gasteiger partial charge in [-0.15, -0.1) is 0 Å². The van der Waals surface area contributed by atoms with E-state index < -0.39 is 18.3 Å². The number of benzene rings is 1. The smallest absolute Gasteiger partial charge is 0.257 e. The number of nitrogens with zero attached hydrogens (tertiary/aromatic N) is 1. The van der Waals surface area contributed by atoms with Crippen molar-refractivity contribution in [3.63, 3.8) is 0 Å². The lowest BCUT2D eigenvalue weighted by Gasteiger charge is -2.17. The van der Waals surface area contributed by atoms with Crippen molar-refractivity contribution in [2.24, 2.45) is 0 Å². The second kappa shape index (κ2) is 5.10. The summed E-state index contributed by atoms with van der Waals surface area (Å²) >= 11 is 5.78. The fourth-order valence-electron chi connectivity index (χ4n) is 1.90. The predicted octanol–water partition coefficient (Wildman–Crippen LogP) is 2.48. The molecular weight excluding hydrogens is 264 g/mol. The maximum absolute atomic E-state index is 13.1. The lowest BCUT2D eigenvalue weighted by molar-refractivity contribution is 0.0775. The third-order valence-corrected chi connectivity index (χ3v) is 3.10. The van der Waals surface area contributed by atoms with Crippen LogP contribution in [0.25, 0.3) is 0 Å². The first-order valence-electron chi connectivity index (χ1n) is 5.44. The number of hydrogen-bond donors (Lipinski definition) is 0. The number of likely N-dealkylation sites (tertiary alicyclic amines) is 1. The summed E-state index contributed by atoms with van der Waals surface area (Å²) in [6.45, 7) is -0.461. The topological polar surface area (TPSA) is 29.5 Å². The number of carbonyl (C=O) groups excluding carboxylic acids is 1. The maximum Gasteiger partial charge on any atom is 0.257 e. The fraction of sp³-hybridized carbons (Fsp3) is 0.417. The Labute approximate surface area is 108 Å². The molecule has 0 aromatic heterocycles. The SMILES string of the molecule is COc1cc(Cl)ccc1C(=O)N1C[C@@H](F)[C@@H](F)C1. The predicted molar refractivity (Wildman–Crippen MR) is 63.7 cm³/mol. The normalized spacial score (nSPS) is 23.2. The third kappa shape index (κ3) is 2.41. The highest BCUT2D eigenvalue weighted by atomic mass is 35.5. The zero-order chi connectivity index (χ0) is 13.3. The van der Waals surface area contributed by atoms with Gasteiger partial charge in [0.1, 0.15) is 5.75 Å². The zero-order valence-corrected chi connectivity index (χ0v) is 10.5. The van der Waals surface area contributed by atoms with Crippen molar-refractivity contribution in [2.45, 2.75) is 12.3 Å². The van der Waals surface area contributed by atoms with Gasteiger partial charge in [0.15, 0.2) is 12.3 Å². The van der Waals surface area contributed by atoms with Gasteiger partial charge in [-0.1, -0.05) is 11.6 Å². The van der Waals surface area contributed by atoms with E-state index in [1.165, 1.54) is 25.3 Å². The summed E-state index contributed by atoms with van der Waals surface area (Å²) in [4.78, 5) is 13.2. The Morgan fingerprint density at radius 1 is 1.39 bits per heavy atom. The number of hydrogen-bond acceptors (Lipinski definition) is 2. The molecule has 0 saturated carbocycles. The molecule has 2 atom stereocenters. The molecule has 0 aliphatic carbocycles. The van der Waals surface area contributed by atoms with Crippen molar-refractivity contribution in [3.05, 3.63) is 28.8 Å². The van der Waals surface area contributed by atoms with Crippen molar-refractivity contribution >= 4 is 17.5 Å². The highest BCUT2D eigenvalue weighted by Gasteiger charge is 2.36. The largest absolute Gasteiger partial charge is 0.496 e. The number of alkyl halides is 2. The van der Waals surface area contributed by atoms with Crippen LogP contribution in [0, 0.1) is 0 Å². The van der Waals surface area contributed by atoms with Crippen LogP contribution >= 0.6 is 11.6 Å². The molecule has 1 heterocycles. The van der Waals surface area contributed by atoms with Crippen LogP contribution in [0.2, 0.25) is 5.02 Å². The molecule has 18 heavy (non-hydrogen) atoms. The lowest BCUT2D eigenvalue weighted by Crippen LogP contribution is -2.29. The van der Waals surface area contributed by atoms with Crippen molar-refractivity contribution < 1.29 is 18.3 Å². The summed E-state index contributed by atoms with van der Waals surface area (Å²) in [5, 5.41) is 0.427. The average molecular weight is 276 g/mol. The first-order chi connectivity index (χ1) is 8.52. The molecule has 1 aliphatic heterocycles. The molecule has 0 radical (unpaired) electrons. The Bertz CT molecular complexity index is 459. The Kier molecular flexibility index (Phi) is 3.71. The summed E-state index contributed by atoms with van der Waals surface area (Å²) in [5.74, 6) is -0.156. The number of amides is 1. The Morgan fingerprint density at radius 2 is 2.00 bits per heavy atom. The van der Waals surface area contributed by atoms with Gasteiger partial charge in [0.2, 0.25) is 0 Å². The van der Waals surface area contributed by atoms with Crippen LogP contribution in [0.1, 0.15) is 10.4 Å². The minimum atomic E-state index is -1.62. The second-order valence-electron chi connectivity index (χ2n) is 4.09. The Hall–Kier alpha value is -1.36. The van der Waals surface area contributed by atoms with E-state index >= 15 is 0 Å². The van der Waals surface area contributed by atoms with Gasteiger partial charge >= 0.3 is 0 Å². The van der Waals surface area contributed by atoms with E-state index in [1.54, 1.807) is 0 Å². The van der Waals surface area contributed by atoms with Gasteiger partial charge in [-0.25, -0.2) is 8.78 Å². The quantitative estimate of drug-likeness (QED) is 0.830. The van der Waals surface area contributed by atoms with E-state index in [0.717, 1.165) is 4.90 Å². The highest BCUT2D eigenvalue weighted by molar-refractivity contribution is 6.30. The molecule has 0 N–H and O–H groups in total. The third-order valence-electron chi connectivity index (χ3n) is 2.86. The number of rotatable bonds is 2. The van der Waals surface area contributed by atoms with Crippen LogP contribution in [0.3, 0.4) is 0 Å². The molecule has 0 unspecified atom stereocenters. The molecule has 1 fully saturated rings. The summed E-state index contributed by atoms with van der Waals surface area (Å²) < 4.78 is 31.2. The second-order valence-corrected chi connectivity index (χ2v) is 4.52. The van der Waals surface area contributed by atoms with Crippen LogP contribution in [0.4, 0.5) is 8.78 Å². The molecule has 3 nitrogen and oxygen atoms in total. The molecule has 1 aliphatic rings. The molecule has 6 heteroatoms. The standard InChI is InChI=1S/C12H12ClF2NO2/c1-18-11-4-7(13)2-3-8(11)12(17)16-5-9(14)10(15)6-16/h2-4,9-10H,5-6H2,1H3/t9-,10+. The fourth-order valence-corrected chi connectivity index (χ4v) is 2.06. The van der Waals surface area contributed by atoms with Gasteiger partial charge in [-0.2, -0.15) is 0 Å². The molecular formula is C12H12ClF2NO2. The van der Waals surface area contributed by atoms with Gasteiger partial charge < -0.3 is 9.64 Å². The van der Waals surface area contributed by atoms with Crippen molar-refractivity contribution in [2.75, 3.05) is 20.2 Å². The minimum absolute atomic E-state index is 0.230. The molecule has 1 aromatic carbocycles. The van der Waals surface area contributed by atoms with E-state index in [4.69, 9.17) is 16.3 Å². The molecule has 1 amide bonds. The summed E-state index contributed by atoms with van der Waals surface area (Å²) in [6, 6.07) is 4.51. The monoisotopic (exact) mass is 275 g/mol. The van der Waals surface area contributed by atoms with Gasteiger partial charge in [-0.05, 0) is 18.2 Å². The van der Waals surface area contributed by atoms with Crippen molar-refractivity contribution in [1.29, 1.82) is 0 Å². The van der Waals surface area contributed by atoms with Crippen LogP contribution in [-0.2, 0) is 0 Å². The van der Waals surface area contributed by atoms with E-state index in [0.29, 0.717) is 10.8 Å². The van der Waals surface area contributed by atoms with E-state index in [1.807, 2.05) is 0 Å². The van der Waals surface area contributed by atoms with Crippen molar-refractivity contribution in [3.8, 4) is 5.75 Å². The number of carbonyl (C=O) groups is 1. The van der Waals surface area contributed by atoms with Gasteiger partial charge in [0, 0.05) is 5.02 Å². The van der Waals surface area contributed by atoms with Gasteiger partial charge in [-0.3, -0.25) is 4.79 Å².